The van der Waals surface area contributed by atoms with E-state index in [1.807, 2.05) is 12.1 Å². The van der Waals surface area contributed by atoms with Gasteiger partial charge in [0.05, 0.1) is 18.5 Å². The van der Waals surface area contributed by atoms with Gasteiger partial charge in [-0.05, 0) is 18.6 Å². The van der Waals surface area contributed by atoms with Crippen LogP contribution in [0.4, 0.5) is 0 Å². The highest BCUT2D eigenvalue weighted by molar-refractivity contribution is 5.19. The maximum atomic E-state index is 5.56. The van der Waals surface area contributed by atoms with Crippen LogP contribution in [-0.2, 0) is 11.3 Å². The Morgan fingerprint density at radius 3 is 2.68 bits per heavy atom. The number of ether oxygens (including phenoxy) is 2. The van der Waals surface area contributed by atoms with E-state index < -0.39 is 0 Å². The Bertz CT molecular complexity index is 325. The summed E-state index contributed by atoms with van der Waals surface area (Å²) in [6.45, 7) is 9.22. The molecule has 1 N–H and O–H groups in total. The van der Waals surface area contributed by atoms with Gasteiger partial charge in [-0.2, -0.15) is 0 Å². The number of aromatic nitrogens is 1. The lowest BCUT2D eigenvalue weighted by molar-refractivity contribution is 0.0979. The minimum Gasteiger partial charge on any atom is -0.490 e. The first-order chi connectivity index (χ1) is 9.22. The average molecular weight is 266 g/mol. The molecular weight excluding hydrogens is 240 g/mol. The van der Waals surface area contributed by atoms with E-state index in [-0.39, 0.29) is 0 Å². The number of rotatable bonds is 10. The first kappa shape index (κ1) is 15.9. The molecule has 0 radical (unpaired) electrons. The number of pyridine rings is 1. The lowest BCUT2D eigenvalue weighted by Gasteiger charge is -2.09. The highest BCUT2D eigenvalue weighted by Crippen LogP contribution is 2.09. The van der Waals surface area contributed by atoms with Gasteiger partial charge in [0.2, 0.25) is 0 Å². The Labute approximate surface area is 116 Å². The van der Waals surface area contributed by atoms with Gasteiger partial charge < -0.3 is 14.8 Å². The minimum atomic E-state index is 0.470. The summed E-state index contributed by atoms with van der Waals surface area (Å²) in [5, 5.41) is 3.33. The van der Waals surface area contributed by atoms with Crippen molar-refractivity contribution >= 4 is 0 Å². The molecule has 0 aliphatic rings. The summed E-state index contributed by atoms with van der Waals surface area (Å²) in [6.07, 6.45) is 4.04. The van der Waals surface area contributed by atoms with Crippen LogP contribution in [0.2, 0.25) is 0 Å². The standard InChI is InChI=1S/C15H26N2O2/c1-4-5-8-18-9-10-19-15-7-6-14(17-12-15)11-16-13(2)3/h6-7,12-13,16H,4-5,8-11H2,1-3H3. The van der Waals surface area contributed by atoms with Crippen LogP contribution in [-0.4, -0.2) is 30.8 Å². The lowest BCUT2D eigenvalue weighted by Crippen LogP contribution is -2.22. The molecule has 0 saturated heterocycles. The largest absolute Gasteiger partial charge is 0.490 e. The van der Waals surface area contributed by atoms with E-state index in [0.717, 1.165) is 37.4 Å². The van der Waals surface area contributed by atoms with Gasteiger partial charge in [0.1, 0.15) is 12.4 Å². The Kier molecular flexibility index (Phi) is 8.18. The van der Waals surface area contributed by atoms with Gasteiger partial charge in [0.15, 0.2) is 0 Å². The van der Waals surface area contributed by atoms with Crippen LogP contribution in [0.5, 0.6) is 5.75 Å². The zero-order valence-electron chi connectivity index (χ0n) is 12.3. The van der Waals surface area contributed by atoms with Gasteiger partial charge in [-0.25, -0.2) is 0 Å². The topological polar surface area (TPSA) is 43.4 Å². The quantitative estimate of drug-likeness (QED) is 0.661. The van der Waals surface area contributed by atoms with Crippen molar-refractivity contribution < 1.29 is 9.47 Å². The second-order valence-corrected chi connectivity index (χ2v) is 4.84. The fourth-order valence-electron chi connectivity index (χ4n) is 1.48. The fourth-order valence-corrected chi connectivity index (χ4v) is 1.48. The smallest absolute Gasteiger partial charge is 0.137 e. The SMILES string of the molecule is CCCCOCCOc1ccc(CNC(C)C)nc1. The summed E-state index contributed by atoms with van der Waals surface area (Å²) in [5.41, 5.74) is 1.03. The molecule has 0 fully saturated rings. The first-order valence-electron chi connectivity index (χ1n) is 7.11. The molecule has 1 aromatic heterocycles. The van der Waals surface area contributed by atoms with Crippen molar-refractivity contribution in [2.24, 2.45) is 0 Å². The molecule has 4 nitrogen and oxygen atoms in total. The van der Waals surface area contributed by atoms with Gasteiger partial charge in [0.25, 0.3) is 0 Å². The van der Waals surface area contributed by atoms with Gasteiger partial charge in [-0.15, -0.1) is 0 Å². The summed E-state index contributed by atoms with van der Waals surface area (Å²) >= 11 is 0. The monoisotopic (exact) mass is 266 g/mol. The van der Waals surface area contributed by atoms with Gasteiger partial charge in [-0.3, -0.25) is 4.98 Å². The number of unbranched alkanes of at least 4 members (excludes halogenated alkanes) is 1. The van der Waals surface area contributed by atoms with Gasteiger partial charge in [0, 0.05) is 19.2 Å². The van der Waals surface area contributed by atoms with E-state index in [0.29, 0.717) is 19.3 Å². The fraction of sp³-hybridized carbons (Fsp3) is 0.667. The summed E-state index contributed by atoms with van der Waals surface area (Å²) in [5.74, 6) is 0.799. The Hall–Kier alpha value is -1.13. The Morgan fingerprint density at radius 2 is 2.05 bits per heavy atom. The van der Waals surface area contributed by atoms with Crippen LogP contribution < -0.4 is 10.1 Å². The van der Waals surface area contributed by atoms with Crippen LogP contribution >= 0.6 is 0 Å². The highest BCUT2D eigenvalue weighted by Gasteiger charge is 1.98. The van der Waals surface area contributed by atoms with E-state index in [1.165, 1.54) is 0 Å². The molecular formula is C15H26N2O2. The van der Waals surface area contributed by atoms with Crippen molar-refractivity contribution in [2.45, 2.75) is 46.2 Å². The van der Waals surface area contributed by atoms with E-state index >= 15 is 0 Å². The van der Waals surface area contributed by atoms with Crippen LogP contribution in [0.15, 0.2) is 18.3 Å². The number of nitrogens with one attached hydrogen (secondary N) is 1. The molecule has 0 saturated carbocycles. The van der Waals surface area contributed by atoms with Crippen LogP contribution in [0.3, 0.4) is 0 Å². The van der Waals surface area contributed by atoms with E-state index in [2.05, 4.69) is 31.1 Å². The number of nitrogens with zero attached hydrogens (tertiary/aromatic N) is 1. The normalized spacial score (nSPS) is 10.9. The molecule has 0 aliphatic carbocycles. The predicted molar refractivity (Wildman–Crippen MR) is 77.4 cm³/mol. The number of hydrogen-bond donors (Lipinski definition) is 1. The average Bonchev–Trinajstić information content (AvgIpc) is 2.41. The third-order valence-corrected chi connectivity index (χ3v) is 2.63. The number of hydrogen-bond acceptors (Lipinski definition) is 4. The summed E-state index contributed by atoms with van der Waals surface area (Å²) < 4.78 is 11.0. The molecule has 1 aromatic rings. The van der Waals surface area contributed by atoms with E-state index in [4.69, 9.17) is 9.47 Å². The van der Waals surface area contributed by atoms with Gasteiger partial charge >= 0.3 is 0 Å². The molecule has 0 spiro atoms. The maximum absolute atomic E-state index is 5.56. The molecule has 108 valence electrons. The molecule has 1 rings (SSSR count). The van der Waals surface area contributed by atoms with Gasteiger partial charge in [-0.1, -0.05) is 27.2 Å². The molecule has 19 heavy (non-hydrogen) atoms. The second kappa shape index (κ2) is 9.75. The van der Waals surface area contributed by atoms with Crippen LogP contribution in [0, 0.1) is 0 Å². The van der Waals surface area contributed by atoms with Crippen molar-refractivity contribution in [3.05, 3.63) is 24.0 Å². The second-order valence-electron chi connectivity index (χ2n) is 4.84. The first-order valence-corrected chi connectivity index (χ1v) is 7.11. The predicted octanol–water partition coefficient (Wildman–Crippen LogP) is 2.78. The zero-order chi connectivity index (χ0) is 13.9. The highest BCUT2D eigenvalue weighted by atomic mass is 16.5. The molecule has 0 unspecified atom stereocenters. The summed E-state index contributed by atoms with van der Waals surface area (Å²) in [7, 11) is 0. The zero-order valence-corrected chi connectivity index (χ0v) is 12.3. The van der Waals surface area contributed by atoms with Crippen molar-refractivity contribution in [2.75, 3.05) is 19.8 Å². The summed E-state index contributed by atoms with van der Waals surface area (Å²) in [4.78, 5) is 4.35. The molecule has 0 amide bonds. The van der Waals surface area contributed by atoms with Crippen molar-refractivity contribution in [3.63, 3.8) is 0 Å². The third kappa shape index (κ3) is 7.80. The molecule has 4 heteroatoms. The molecule has 0 bridgehead atoms. The Balaban J connectivity index is 2.17. The van der Waals surface area contributed by atoms with Crippen molar-refractivity contribution in [1.29, 1.82) is 0 Å². The van der Waals surface area contributed by atoms with Crippen molar-refractivity contribution in [3.8, 4) is 5.75 Å². The van der Waals surface area contributed by atoms with E-state index in [1.54, 1.807) is 6.20 Å². The molecule has 0 aliphatic heterocycles. The van der Waals surface area contributed by atoms with Crippen molar-refractivity contribution in [1.82, 2.24) is 10.3 Å². The maximum Gasteiger partial charge on any atom is 0.137 e. The molecule has 0 atom stereocenters. The van der Waals surface area contributed by atoms with Crippen LogP contribution in [0.1, 0.15) is 39.3 Å². The summed E-state index contributed by atoms with van der Waals surface area (Å²) in [6, 6.07) is 4.41. The lowest BCUT2D eigenvalue weighted by atomic mass is 10.3. The molecule has 1 heterocycles. The van der Waals surface area contributed by atoms with E-state index in [9.17, 15) is 0 Å². The molecule has 0 aromatic carbocycles. The minimum absolute atomic E-state index is 0.470. The third-order valence-electron chi connectivity index (χ3n) is 2.63. The van der Waals surface area contributed by atoms with Crippen LogP contribution in [0.25, 0.3) is 0 Å². The Morgan fingerprint density at radius 1 is 1.21 bits per heavy atom.